The third-order valence-electron chi connectivity index (χ3n) is 4.84. The second kappa shape index (κ2) is 11.4. The zero-order valence-electron chi connectivity index (χ0n) is 19.3. The van der Waals surface area contributed by atoms with E-state index in [9.17, 15) is 14.4 Å². The molecule has 174 valence electrons. The molecule has 0 aliphatic carbocycles. The highest BCUT2D eigenvalue weighted by Gasteiger charge is 2.15. The maximum atomic E-state index is 12.3. The first kappa shape index (κ1) is 24.2. The molecule has 0 heterocycles. The van der Waals surface area contributed by atoms with Gasteiger partial charge in [0, 0.05) is 28.5 Å². The average Bonchev–Trinajstić information content (AvgIpc) is 2.81. The topological polar surface area (TPSA) is 112 Å². The van der Waals surface area contributed by atoms with E-state index in [1.54, 1.807) is 25.1 Å². The highest BCUT2D eigenvalue weighted by molar-refractivity contribution is 6.39. The van der Waals surface area contributed by atoms with Crippen LogP contribution in [-0.4, -0.2) is 23.4 Å². The summed E-state index contributed by atoms with van der Waals surface area (Å²) in [6, 6.07) is 22.6. The van der Waals surface area contributed by atoms with Crippen molar-refractivity contribution in [3.8, 4) is 0 Å². The summed E-state index contributed by atoms with van der Waals surface area (Å²) in [6.07, 6.45) is -0.0388. The fourth-order valence-electron chi connectivity index (χ4n) is 3.05. The Balaban J connectivity index is 1.47. The molecule has 4 N–H and O–H groups in total. The molecule has 8 heteroatoms. The summed E-state index contributed by atoms with van der Waals surface area (Å²) in [5.74, 6) is -2.04. The summed E-state index contributed by atoms with van der Waals surface area (Å²) in [5.41, 5.74) is 7.39. The van der Waals surface area contributed by atoms with Crippen LogP contribution in [0.3, 0.4) is 0 Å². The molecule has 3 rings (SSSR count). The van der Waals surface area contributed by atoms with Crippen molar-refractivity contribution in [2.24, 2.45) is 5.10 Å². The van der Waals surface area contributed by atoms with E-state index < -0.39 is 11.8 Å². The number of anilines is 4. The van der Waals surface area contributed by atoms with Crippen LogP contribution in [0.4, 0.5) is 22.7 Å². The SMILES string of the molecule is C/C(CC(=O)Nc1ccc(Nc2ccccc2)cc1)=N/NC(=O)C(=O)Nc1cc(C)ccc1C. The highest BCUT2D eigenvalue weighted by atomic mass is 16.2. The number of carbonyl (C=O) groups is 3. The Labute approximate surface area is 198 Å². The number of hydrogen-bond acceptors (Lipinski definition) is 5. The van der Waals surface area contributed by atoms with Crippen LogP contribution in [0.2, 0.25) is 0 Å². The van der Waals surface area contributed by atoms with Gasteiger partial charge in [-0.05, 0) is 74.4 Å². The molecule has 0 bridgehead atoms. The van der Waals surface area contributed by atoms with Gasteiger partial charge in [-0.3, -0.25) is 14.4 Å². The standard InChI is InChI=1S/C26H27N5O3/c1-17-9-10-18(2)23(15-17)29-25(33)26(34)31-30-19(3)16-24(32)28-22-13-11-21(12-14-22)27-20-7-5-4-6-8-20/h4-15,27H,16H2,1-3H3,(H,28,32)(H,29,33)(H,31,34)/b30-19-. The van der Waals surface area contributed by atoms with Gasteiger partial charge >= 0.3 is 11.8 Å². The molecule has 0 radical (unpaired) electrons. The molecule has 3 aromatic carbocycles. The molecule has 0 fully saturated rings. The van der Waals surface area contributed by atoms with Gasteiger partial charge in [-0.25, -0.2) is 5.43 Å². The Kier molecular flexibility index (Phi) is 8.12. The quantitative estimate of drug-likeness (QED) is 0.238. The van der Waals surface area contributed by atoms with Crippen molar-refractivity contribution in [2.45, 2.75) is 27.2 Å². The number of amides is 3. The van der Waals surface area contributed by atoms with E-state index in [4.69, 9.17) is 0 Å². The van der Waals surface area contributed by atoms with E-state index in [2.05, 4.69) is 26.5 Å². The minimum absolute atomic E-state index is 0.0388. The van der Waals surface area contributed by atoms with E-state index in [0.717, 1.165) is 22.5 Å². The maximum absolute atomic E-state index is 12.3. The molecule has 3 aromatic rings. The molecule has 0 aliphatic heterocycles. The maximum Gasteiger partial charge on any atom is 0.329 e. The number of para-hydroxylation sites is 1. The number of hydrazone groups is 1. The fourth-order valence-corrected chi connectivity index (χ4v) is 3.05. The Bertz CT molecular complexity index is 1200. The number of aryl methyl sites for hydroxylation is 2. The molecule has 8 nitrogen and oxygen atoms in total. The summed E-state index contributed by atoms with van der Waals surface area (Å²) < 4.78 is 0. The first-order chi connectivity index (χ1) is 16.3. The molecule has 34 heavy (non-hydrogen) atoms. The van der Waals surface area contributed by atoms with Gasteiger partial charge in [-0.1, -0.05) is 30.3 Å². The number of nitrogens with one attached hydrogen (secondary N) is 4. The largest absolute Gasteiger partial charge is 0.356 e. The van der Waals surface area contributed by atoms with Gasteiger partial charge in [0.15, 0.2) is 0 Å². The lowest BCUT2D eigenvalue weighted by molar-refractivity contribution is -0.136. The number of hydrogen-bond donors (Lipinski definition) is 4. The lowest BCUT2D eigenvalue weighted by Gasteiger charge is -2.09. The van der Waals surface area contributed by atoms with Crippen LogP contribution in [0.5, 0.6) is 0 Å². The van der Waals surface area contributed by atoms with E-state index in [1.807, 2.05) is 68.4 Å². The predicted molar refractivity (Wildman–Crippen MR) is 135 cm³/mol. The van der Waals surface area contributed by atoms with Crippen molar-refractivity contribution < 1.29 is 14.4 Å². The van der Waals surface area contributed by atoms with Crippen LogP contribution in [0, 0.1) is 13.8 Å². The lowest BCUT2D eigenvalue weighted by Crippen LogP contribution is -2.33. The first-order valence-corrected chi connectivity index (χ1v) is 10.7. The van der Waals surface area contributed by atoms with Crippen molar-refractivity contribution in [3.63, 3.8) is 0 Å². The molecule has 0 spiro atoms. The summed E-state index contributed by atoms with van der Waals surface area (Å²) in [6.45, 7) is 5.32. The molecular formula is C26H27N5O3. The van der Waals surface area contributed by atoms with Gasteiger partial charge in [-0.15, -0.1) is 0 Å². The number of nitrogens with zero attached hydrogens (tertiary/aromatic N) is 1. The Morgan fingerprint density at radius 3 is 2.12 bits per heavy atom. The van der Waals surface area contributed by atoms with Gasteiger partial charge in [-0.2, -0.15) is 5.10 Å². The number of carbonyl (C=O) groups excluding carboxylic acids is 3. The van der Waals surface area contributed by atoms with Crippen LogP contribution in [0.1, 0.15) is 24.5 Å². The minimum atomic E-state index is -0.915. The van der Waals surface area contributed by atoms with Gasteiger partial charge in [0.1, 0.15) is 0 Å². The smallest absolute Gasteiger partial charge is 0.329 e. The van der Waals surface area contributed by atoms with Crippen molar-refractivity contribution in [2.75, 3.05) is 16.0 Å². The van der Waals surface area contributed by atoms with E-state index in [0.29, 0.717) is 17.1 Å². The molecule has 0 saturated carbocycles. The van der Waals surface area contributed by atoms with Crippen LogP contribution in [0.15, 0.2) is 77.9 Å². The van der Waals surface area contributed by atoms with Crippen molar-refractivity contribution >= 4 is 46.2 Å². The van der Waals surface area contributed by atoms with E-state index in [-0.39, 0.29) is 12.3 Å². The molecule has 0 atom stereocenters. The average molecular weight is 458 g/mol. The van der Waals surface area contributed by atoms with Crippen LogP contribution >= 0.6 is 0 Å². The third-order valence-corrected chi connectivity index (χ3v) is 4.84. The van der Waals surface area contributed by atoms with E-state index >= 15 is 0 Å². The van der Waals surface area contributed by atoms with Crippen molar-refractivity contribution in [1.29, 1.82) is 0 Å². The normalized spacial score (nSPS) is 10.9. The van der Waals surface area contributed by atoms with Gasteiger partial charge in [0.25, 0.3) is 0 Å². The van der Waals surface area contributed by atoms with Crippen molar-refractivity contribution in [1.82, 2.24) is 5.43 Å². The Hall–Kier alpha value is -4.46. The second-order valence-corrected chi connectivity index (χ2v) is 7.85. The van der Waals surface area contributed by atoms with Crippen LogP contribution < -0.4 is 21.4 Å². The predicted octanol–water partition coefficient (Wildman–Crippen LogP) is 4.51. The fraction of sp³-hybridized carbons (Fsp3) is 0.154. The Morgan fingerprint density at radius 1 is 0.765 bits per heavy atom. The Morgan fingerprint density at radius 2 is 1.41 bits per heavy atom. The van der Waals surface area contributed by atoms with Gasteiger partial charge in [0.2, 0.25) is 5.91 Å². The molecular weight excluding hydrogens is 430 g/mol. The lowest BCUT2D eigenvalue weighted by atomic mass is 10.1. The third kappa shape index (κ3) is 7.30. The van der Waals surface area contributed by atoms with E-state index in [1.165, 1.54) is 0 Å². The molecule has 3 amide bonds. The van der Waals surface area contributed by atoms with Crippen molar-refractivity contribution in [3.05, 3.63) is 83.9 Å². The van der Waals surface area contributed by atoms with Crippen LogP contribution in [-0.2, 0) is 14.4 Å². The zero-order valence-corrected chi connectivity index (χ0v) is 19.3. The monoisotopic (exact) mass is 457 g/mol. The summed E-state index contributed by atoms with van der Waals surface area (Å²) in [4.78, 5) is 36.5. The molecule has 0 saturated heterocycles. The molecule has 0 unspecified atom stereocenters. The highest BCUT2D eigenvalue weighted by Crippen LogP contribution is 2.19. The number of benzene rings is 3. The molecule has 0 aromatic heterocycles. The summed E-state index contributed by atoms with van der Waals surface area (Å²) in [5, 5.41) is 12.5. The molecule has 0 aliphatic rings. The summed E-state index contributed by atoms with van der Waals surface area (Å²) >= 11 is 0. The second-order valence-electron chi connectivity index (χ2n) is 7.85. The van der Waals surface area contributed by atoms with Gasteiger partial charge in [0.05, 0.1) is 6.42 Å². The summed E-state index contributed by atoms with van der Waals surface area (Å²) in [7, 11) is 0. The zero-order chi connectivity index (χ0) is 24.5. The minimum Gasteiger partial charge on any atom is -0.356 e. The first-order valence-electron chi connectivity index (χ1n) is 10.7. The van der Waals surface area contributed by atoms with Gasteiger partial charge < -0.3 is 16.0 Å². The number of rotatable bonds is 7. The van der Waals surface area contributed by atoms with Crippen LogP contribution in [0.25, 0.3) is 0 Å².